The Morgan fingerprint density at radius 2 is 0.940 bits per heavy atom. The molecule has 2 heteroatoms. The highest BCUT2D eigenvalue weighted by atomic mass is 16.3. The van der Waals surface area contributed by atoms with Gasteiger partial charge in [-0.3, -0.25) is 0 Å². The van der Waals surface area contributed by atoms with Crippen molar-refractivity contribution in [3.05, 3.63) is 169 Å². The van der Waals surface area contributed by atoms with Crippen LogP contribution in [0.3, 0.4) is 0 Å². The van der Waals surface area contributed by atoms with Crippen LogP contribution in [-0.2, 0) is 0 Å². The standard InChI is InChI=1S/C48H28O2/c1-2-15-33-29(11-1)12-10-21-34(33)46-37-18-5-3-16-35(37)45(36-17-4-6-19-38(36)46)32-14-9-13-30(27-32)31-23-24-40-44(28-31)50-43-26-25-42-47(48(40)43)39-20-7-8-22-41(39)49-42/h1-28H/i1D,2D,3D,4D,5D,6D,10D,11D,12D,15D,16D,17D,18D,19D,21D. The molecule has 11 aromatic rings. The summed E-state index contributed by atoms with van der Waals surface area (Å²) in [6.07, 6.45) is 0. The molecule has 0 aliphatic rings. The van der Waals surface area contributed by atoms with Crippen LogP contribution in [0.15, 0.2) is 178 Å². The van der Waals surface area contributed by atoms with Crippen LogP contribution in [0, 0.1) is 0 Å². The average molecular weight is 652 g/mol. The van der Waals surface area contributed by atoms with Crippen molar-refractivity contribution < 1.29 is 29.4 Å². The zero-order chi connectivity index (χ0) is 45.8. The smallest absolute Gasteiger partial charge is 0.136 e. The Bertz CT molecular complexity index is 3930. The van der Waals surface area contributed by atoms with Gasteiger partial charge in [-0.2, -0.15) is 0 Å². The molecule has 0 aliphatic heterocycles. The van der Waals surface area contributed by atoms with E-state index in [1.165, 1.54) is 0 Å². The van der Waals surface area contributed by atoms with Crippen molar-refractivity contribution in [2.45, 2.75) is 0 Å². The highest BCUT2D eigenvalue weighted by molar-refractivity contribution is 6.26. The lowest BCUT2D eigenvalue weighted by Crippen LogP contribution is -1.92. The molecule has 0 spiro atoms. The summed E-state index contributed by atoms with van der Waals surface area (Å²) < 4.78 is 147. The molecule has 0 radical (unpaired) electrons. The quantitative estimate of drug-likeness (QED) is 0.178. The van der Waals surface area contributed by atoms with Crippen LogP contribution >= 0.6 is 0 Å². The van der Waals surface area contributed by atoms with Gasteiger partial charge in [0.05, 0.1) is 20.6 Å². The molecule has 0 N–H and O–H groups in total. The van der Waals surface area contributed by atoms with Gasteiger partial charge in [-0.05, 0) is 102 Å². The summed E-state index contributed by atoms with van der Waals surface area (Å²) in [6.45, 7) is 0. The molecule has 9 aromatic carbocycles. The number of para-hydroxylation sites is 1. The molecule has 0 saturated carbocycles. The largest absolute Gasteiger partial charge is 0.456 e. The van der Waals surface area contributed by atoms with E-state index in [0.29, 0.717) is 33.4 Å². The molecular formula is C48H28O2. The predicted octanol–water partition coefficient (Wildman–Crippen LogP) is 13.9. The van der Waals surface area contributed by atoms with E-state index >= 15 is 0 Å². The van der Waals surface area contributed by atoms with Crippen LogP contribution in [0.2, 0.25) is 0 Å². The maximum absolute atomic E-state index is 9.42. The molecule has 0 aliphatic carbocycles. The van der Waals surface area contributed by atoms with E-state index in [1.54, 1.807) is 18.2 Å². The van der Waals surface area contributed by atoms with Gasteiger partial charge in [-0.25, -0.2) is 0 Å². The van der Waals surface area contributed by atoms with Gasteiger partial charge in [-0.15, -0.1) is 0 Å². The number of benzene rings is 9. The molecule has 232 valence electrons. The first-order valence-electron chi connectivity index (χ1n) is 23.4. The fourth-order valence-corrected chi connectivity index (χ4v) is 7.28. The molecule has 50 heavy (non-hydrogen) atoms. The van der Waals surface area contributed by atoms with Gasteiger partial charge in [0.2, 0.25) is 0 Å². The first-order valence-corrected chi connectivity index (χ1v) is 15.9. The Hall–Kier alpha value is -6.64. The number of hydrogen-bond donors (Lipinski definition) is 0. The Balaban J connectivity index is 1.27. The van der Waals surface area contributed by atoms with Crippen molar-refractivity contribution in [3.63, 3.8) is 0 Å². The summed E-state index contributed by atoms with van der Waals surface area (Å²) in [4.78, 5) is 0. The first-order chi connectivity index (χ1) is 31.0. The van der Waals surface area contributed by atoms with E-state index in [2.05, 4.69) is 0 Å². The normalized spacial score (nSPS) is 16.2. The molecule has 2 aromatic heterocycles. The Labute approximate surface area is 308 Å². The first kappa shape index (κ1) is 16.6. The average Bonchev–Trinajstić information content (AvgIpc) is 3.88. The van der Waals surface area contributed by atoms with Gasteiger partial charge >= 0.3 is 0 Å². The van der Waals surface area contributed by atoms with Crippen LogP contribution in [0.5, 0.6) is 0 Å². The van der Waals surface area contributed by atoms with E-state index in [4.69, 9.17) is 22.5 Å². The molecule has 2 nitrogen and oxygen atoms in total. The monoisotopic (exact) mass is 651 g/mol. The van der Waals surface area contributed by atoms with Crippen molar-refractivity contribution in [2.24, 2.45) is 0 Å². The minimum Gasteiger partial charge on any atom is -0.456 e. The lowest BCUT2D eigenvalue weighted by atomic mass is 9.84. The van der Waals surface area contributed by atoms with Crippen molar-refractivity contribution >= 4 is 76.2 Å². The zero-order valence-electron chi connectivity index (χ0n) is 40.8. The number of hydrogen-bond acceptors (Lipinski definition) is 2. The fraction of sp³-hybridized carbons (Fsp3) is 0. The van der Waals surface area contributed by atoms with Gasteiger partial charge in [-0.1, -0.05) is 133 Å². The Kier molecular flexibility index (Phi) is 3.47. The van der Waals surface area contributed by atoms with E-state index < -0.39 is 107 Å². The third kappa shape index (κ3) is 3.90. The van der Waals surface area contributed by atoms with Crippen molar-refractivity contribution in [3.8, 4) is 33.4 Å². The van der Waals surface area contributed by atoms with Crippen LogP contribution in [0.1, 0.15) is 20.6 Å². The molecule has 0 unspecified atom stereocenters. The molecule has 11 rings (SSSR count). The van der Waals surface area contributed by atoms with Gasteiger partial charge in [0, 0.05) is 21.5 Å². The van der Waals surface area contributed by atoms with E-state index in [0.717, 1.165) is 27.1 Å². The number of fused-ring (bicyclic) bond motifs is 10. The van der Waals surface area contributed by atoms with Gasteiger partial charge < -0.3 is 8.83 Å². The number of furan rings is 2. The second-order valence-corrected chi connectivity index (χ2v) is 12.1. The highest BCUT2D eigenvalue weighted by Gasteiger charge is 2.19. The minimum atomic E-state index is -0.763. The molecule has 0 atom stereocenters. The molecule has 2 heterocycles. The topological polar surface area (TPSA) is 26.3 Å². The van der Waals surface area contributed by atoms with Crippen LogP contribution in [0.25, 0.3) is 110 Å². The SMILES string of the molecule is [2H]c1c([2H])c([2H])c2c(-c3c4c([2H])c([2H])c([2H])c([2H])c4c(-c4cccc(-c5ccc6c(c5)oc5ccc7oc8ccccc8c7c56)c4)c4c([2H])c([2H])c([2H])c([2H])c34)c([2H])c([2H])c([2H])c2c1[2H]. The summed E-state index contributed by atoms with van der Waals surface area (Å²) >= 11 is 0. The maximum atomic E-state index is 9.42. The highest BCUT2D eigenvalue weighted by Crippen LogP contribution is 2.46. The third-order valence-electron chi connectivity index (χ3n) is 9.40. The van der Waals surface area contributed by atoms with E-state index in [9.17, 15) is 6.85 Å². The predicted molar refractivity (Wildman–Crippen MR) is 210 cm³/mol. The second kappa shape index (κ2) is 10.4. The van der Waals surface area contributed by atoms with Crippen LogP contribution in [-0.4, -0.2) is 0 Å². The van der Waals surface area contributed by atoms with Crippen LogP contribution in [0.4, 0.5) is 0 Å². The lowest BCUT2D eigenvalue weighted by Gasteiger charge is -2.19. The molecule has 0 saturated heterocycles. The van der Waals surface area contributed by atoms with Crippen LogP contribution < -0.4 is 0 Å². The summed E-state index contributed by atoms with van der Waals surface area (Å²) in [5.74, 6) is 0. The minimum absolute atomic E-state index is 0.0135. The maximum Gasteiger partial charge on any atom is 0.136 e. The number of rotatable bonds is 3. The molecule has 0 fully saturated rings. The lowest BCUT2D eigenvalue weighted by molar-refractivity contribution is 0.663. The third-order valence-corrected chi connectivity index (χ3v) is 9.40. The zero-order valence-corrected chi connectivity index (χ0v) is 25.8. The van der Waals surface area contributed by atoms with Crippen molar-refractivity contribution in [1.29, 1.82) is 0 Å². The summed E-state index contributed by atoms with van der Waals surface area (Å²) in [6, 6.07) is 13.8. The van der Waals surface area contributed by atoms with E-state index in [1.807, 2.05) is 60.7 Å². The fourth-order valence-electron chi connectivity index (χ4n) is 7.28. The Morgan fingerprint density at radius 1 is 0.360 bits per heavy atom. The Morgan fingerprint density at radius 3 is 1.70 bits per heavy atom. The summed E-state index contributed by atoms with van der Waals surface area (Å²) in [5.41, 5.74) is 3.51. The molecule has 0 amide bonds. The van der Waals surface area contributed by atoms with Crippen molar-refractivity contribution in [2.75, 3.05) is 0 Å². The van der Waals surface area contributed by atoms with Gasteiger partial charge in [0.15, 0.2) is 0 Å². The summed E-state index contributed by atoms with van der Waals surface area (Å²) in [7, 11) is 0. The van der Waals surface area contributed by atoms with E-state index in [-0.39, 0.29) is 32.7 Å². The van der Waals surface area contributed by atoms with Gasteiger partial charge in [0.25, 0.3) is 0 Å². The molecule has 0 bridgehead atoms. The second-order valence-electron chi connectivity index (χ2n) is 12.1. The molecular weight excluding hydrogens is 609 g/mol. The van der Waals surface area contributed by atoms with Gasteiger partial charge in [0.1, 0.15) is 22.3 Å². The van der Waals surface area contributed by atoms with Crippen molar-refractivity contribution in [1.82, 2.24) is 0 Å². The summed E-state index contributed by atoms with van der Waals surface area (Å²) in [5, 5.41) is 1.74.